The number of hydrogen-bond donors (Lipinski definition) is 0. The van der Waals surface area contributed by atoms with Crippen molar-refractivity contribution in [3.8, 4) is 22.4 Å². The van der Waals surface area contributed by atoms with Crippen LogP contribution in [0.15, 0.2) is 79.6 Å². The van der Waals surface area contributed by atoms with Gasteiger partial charge in [-0.15, -0.1) is 0 Å². The van der Waals surface area contributed by atoms with Crippen molar-refractivity contribution in [2.75, 3.05) is 0 Å². The van der Waals surface area contributed by atoms with E-state index in [1.54, 1.807) is 12.4 Å². The Bertz CT molecular complexity index is 1260. The zero-order valence-electron chi connectivity index (χ0n) is 16.8. The van der Waals surface area contributed by atoms with Crippen LogP contribution in [0.3, 0.4) is 0 Å². The van der Waals surface area contributed by atoms with Gasteiger partial charge in [0.25, 0.3) is 0 Å². The summed E-state index contributed by atoms with van der Waals surface area (Å²) in [4.78, 5) is 18.5. The summed E-state index contributed by atoms with van der Waals surface area (Å²) in [5.74, 6) is -0.0529. The summed E-state index contributed by atoms with van der Waals surface area (Å²) in [5, 5.41) is 7.39. The Morgan fingerprint density at radius 1 is 1.07 bits per heavy atom. The molecule has 0 saturated heterocycles. The lowest BCUT2D eigenvalue weighted by molar-refractivity contribution is -0.129. The number of carbonyl (C=O) groups is 1. The summed E-state index contributed by atoms with van der Waals surface area (Å²) in [7, 11) is 0. The summed E-state index contributed by atoms with van der Waals surface area (Å²) in [6.45, 7) is 6.87. The van der Waals surface area contributed by atoms with Crippen LogP contribution in [0, 0.1) is 0 Å². The van der Waals surface area contributed by atoms with Gasteiger partial charge in [-0.3, -0.25) is 14.5 Å². The molecule has 3 heterocycles. The summed E-state index contributed by atoms with van der Waals surface area (Å²) in [5.41, 5.74) is 5.15. The van der Waals surface area contributed by atoms with Crippen LogP contribution in [0.5, 0.6) is 0 Å². The summed E-state index contributed by atoms with van der Waals surface area (Å²) < 4.78 is 2.05. The van der Waals surface area contributed by atoms with Gasteiger partial charge in [0.2, 0.25) is 5.91 Å². The van der Waals surface area contributed by atoms with Gasteiger partial charge in [-0.1, -0.05) is 43.0 Å². The highest BCUT2D eigenvalue weighted by atomic mass is 16.2. The van der Waals surface area contributed by atoms with Crippen LogP contribution < -0.4 is 0 Å². The Morgan fingerprint density at radius 2 is 1.83 bits per heavy atom. The maximum atomic E-state index is 12.4. The van der Waals surface area contributed by atoms with E-state index in [1.807, 2.05) is 30.0 Å². The van der Waals surface area contributed by atoms with E-state index in [9.17, 15) is 4.79 Å². The van der Waals surface area contributed by atoms with Gasteiger partial charge in [0, 0.05) is 29.6 Å². The van der Waals surface area contributed by atoms with Crippen molar-refractivity contribution in [3.05, 3.63) is 85.3 Å². The van der Waals surface area contributed by atoms with Gasteiger partial charge < -0.3 is 4.90 Å². The first-order chi connectivity index (χ1) is 14.7. The molecule has 0 N–H and O–H groups in total. The number of amides is 1. The van der Waals surface area contributed by atoms with E-state index in [2.05, 4.69) is 52.6 Å². The number of rotatable bonds is 3. The largest absolute Gasteiger partial charge is 0.329 e. The smallest absolute Gasteiger partial charge is 0.246 e. The van der Waals surface area contributed by atoms with Crippen LogP contribution in [-0.2, 0) is 17.9 Å². The van der Waals surface area contributed by atoms with Crippen LogP contribution in [-0.4, -0.2) is 31.6 Å². The average molecular weight is 394 g/mol. The van der Waals surface area contributed by atoms with E-state index in [0.29, 0.717) is 13.1 Å². The van der Waals surface area contributed by atoms with E-state index >= 15 is 0 Å². The van der Waals surface area contributed by atoms with Crippen molar-refractivity contribution in [1.29, 1.82) is 0 Å². The number of fused-ring (bicyclic) bond motifs is 2. The molecule has 1 aliphatic heterocycles. The van der Waals surface area contributed by atoms with Crippen molar-refractivity contribution in [3.63, 3.8) is 0 Å². The zero-order chi connectivity index (χ0) is 20.7. The van der Waals surface area contributed by atoms with Crippen molar-refractivity contribution in [2.24, 2.45) is 0 Å². The number of carbonyl (C=O) groups excluding carboxylic acids is 1. The third-order valence-electron chi connectivity index (χ3n) is 5.80. The fourth-order valence-corrected chi connectivity index (χ4v) is 4.25. The Morgan fingerprint density at radius 3 is 2.60 bits per heavy atom. The first kappa shape index (κ1) is 18.3. The standard InChI is InChI=1S/C25H22N4O/c1-3-23(30)28-16-22-24(19-10-12-26-13-11-19)25(27-29(22)15-17(28)2)21-9-8-18-6-4-5-7-20(18)14-21/h3-14,17H,1,15-16H2,2H3. The lowest BCUT2D eigenvalue weighted by Gasteiger charge is -2.33. The lowest BCUT2D eigenvalue weighted by Crippen LogP contribution is -2.44. The predicted octanol–water partition coefficient (Wildman–Crippen LogP) is 4.68. The van der Waals surface area contributed by atoms with Gasteiger partial charge >= 0.3 is 0 Å². The number of pyridine rings is 1. The number of benzene rings is 2. The molecule has 30 heavy (non-hydrogen) atoms. The topological polar surface area (TPSA) is 51.0 Å². The summed E-state index contributed by atoms with van der Waals surface area (Å²) in [6, 6.07) is 18.8. The number of hydrogen-bond acceptors (Lipinski definition) is 3. The van der Waals surface area contributed by atoms with Crippen LogP contribution in [0.4, 0.5) is 0 Å². The fourth-order valence-electron chi connectivity index (χ4n) is 4.25. The maximum Gasteiger partial charge on any atom is 0.246 e. The second kappa shape index (κ2) is 7.26. The third-order valence-corrected chi connectivity index (χ3v) is 5.80. The molecule has 0 radical (unpaired) electrons. The normalized spacial score (nSPS) is 15.8. The minimum atomic E-state index is -0.0529. The van der Waals surface area contributed by atoms with Gasteiger partial charge in [-0.2, -0.15) is 5.10 Å². The molecule has 0 aliphatic carbocycles. The van der Waals surface area contributed by atoms with Crippen molar-refractivity contribution >= 4 is 16.7 Å². The Balaban J connectivity index is 1.72. The van der Waals surface area contributed by atoms with Crippen molar-refractivity contribution in [2.45, 2.75) is 26.1 Å². The highest BCUT2D eigenvalue weighted by molar-refractivity contribution is 5.91. The second-order valence-corrected chi connectivity index (χ2v) is 7.67. The van der Waals surface area contributed by atoms with Crippen molar-refractivity contribution in [1.82, 2.24) is 19.7 Å². The Labute approximate surface area is 175 Å². The molecule has 1 amide bonds. The monoisotopic (exact) mass is 394 g/mol. The average Bonchev–Trinajstić information content (AvgIpc) is 3.16. The maximum absolute atomic E-state index is 12.4. The lowest BCUT2D eigenvalue weighted by atomic mass is 9.97. The van der Waals surface area contributed by atoms with Crippen LogP contribution in [0.1, 0.15) is 12.6 Å². The molecule has 5 rings (SSSR count). The van der Waals surface area contributed by atoms with E-state index < -0.39 is 0 Å². The second-order valence-electron chi connectivity index (χ2n) is 7.67. The first-order valence-electron chi connectivity index (χ1n) is 10.1. The minimum absolute atomic E-state index is 0.0529. The summed E-state index contributed by atoms with van der Waals surface area (Å²) in [6.07, 6.45) is 4.97. The van der Waals surface area contributed by atoms with Crippen molar-refractivity contribution < 1.29 is 4.79 Å². The molecule has 0 spiro atoms. The van der Waals surface area contributed by atoms with Gasteiger partial charge in [0.1, 0.15) is 5.69 Å². The molecule has 0 saturated carbocycles. The van der Waals surface area contributed by atoms with Gasteiger partial charge in [-0.05, 0) is 47.5 Å². The van der Waals surface area contributed by atoms with Crippen LogP contribution in [0.2, 0.25) is 0 Å². The fraction of sp³-hybridized carbons (Fsp3) is 0.160. The van der Waals surface area contributed by atoms with E-state index in [1.165, 1.54) is 16.8 Å². The number of nitrogens with zero attached hydrogens (tertiary/aromatic N) is 4. The summed E-state index contributed by atoms with van der Waals surface area (Å²) >= 11 is 0. The molecule has 4 aromatic rings. The molecular formula is C25H22N4O. The van der Waals surface area contributed by atoms with Gasteiger partial charge in [-0.25, -0.2) is 0 Å². The number of aromatic nitrogens is 3. The van der Waals surface area contributed by atoms with Crippen LogP contribution >= 0.6 is 0 Å². The molecule has 1 unspecified atom stereocenters. The SMILES string of the molecule is C=CC(=O)N1Cc2c(-c3ccncc3)c(-c3ccc4ccccc4c3)nn2CC1C. The van der Waals surface area contributed by atoms with E-state index in [0.717, 1.165) is 28.1 Å². The van der Waals surface area contributed by atoms with E-state index in [-0.39, 0.29) is 11.9 Å². The first-order valence-corrected chi connectivity index (χ1v) is 10.1. The Hall–Kier alpha value is -3.73. The third kappa shape index (κ3) is 2.99. The molecule has 0 bridgehead atoms. The van der Waals surface area contributed by atoms with Gasteiger partial charge in [0.15, 0.2) is 0 Å². The zero-order valence-corrected chi connectivity index (χ0v) is 16.8. The Kier molecular flexibility index (Phi) is 4.43. The quantitative estimate of drug-likeness (QED) is 0.474. The highest BCUT2D eigenvalue weighted by Crippen LogP contribution is 2.38. The highest BCUT2D eigenvalue weighted by Gasteiger charge is 2.31. The van der Waals surface area contributed by atoms with Crippen LogP contribution in [0.25, 0.3) is 33.2 Å². The molecule has 2 aromatic carbocycles. The molecule has 1 atom stereocenters. The molecule has 5 nitrogen and oxygen atoms in total. The van der Waals surface area contributed by atoms with E-state index in [4.69, 9.17) is 5.10 Å². The molecule has 148 valence electrons. The minimum Gasteiger partial charge on any atom is -0.329 e. The molecule has 5 heteroatoms. The van der Waals surface area contributed by atoms with Gasteiger partial charge in [0.05, 0.1) is 18.8 Å². The molecular weight excluding hydrogens is 372 g/mol. The molecule has 1 aliphatic rings. The predicted molar refractivity (Wildman–Crippen MR) is 119 cm³/mol. The molecule has 2 aromatic heterocycles. The molecule has 0 fully saturated rings.